The van der Waals surface area contributed by atoms with E-state index in [0.717, 1.165) is 15.8 Å². The number of hydrazine groups is 1. The van der Waals surface area contributed by atoms with Crippen LogP contribution in [0, 0.1) is 13.8 Å². The summed E-state index contributed by atoms with van der Waals surface area (Å²) in [6.45, 7) is 4.26. The number of fused-ring (bicyclic) bond motifs is 1. The number of anilines is 1. The van der Waals surface area contributed by atoms with Gasteiger partial charge in [0.05, 0.1) is 5.39 Å². The van der Waals surface area contributed by atoms with Gasteiger partial charge in [-0.25, -0.2) is 25.3 Å². The molecule has 8 nitrogen and oxygen atoms in total. The zero-order valence-electron chi connectivity index (χ0n) is 11.9. The van der Waals surface area contributed by atoms with Gasteiger partial charge in [0.2, 0.25) is 0 Å². The van der Waals surface area contributed by atoms with Crippen LogP contribution in [-0.4, -0.2) is 24.3 Å². The van der Waals surface area contributed by atoms with E-state index < -0.39 is 0 Å². The molecule has 0 aliphatic rings. The number of rotatable bonds is 3. The lowest BCUT2D eigenvalue weighted by Crippen LogP contribution is -2.24. The van der Waals surface area contributed by atoms with Crippen molar-refractivity contribution in [1.82, 2.24) is 24.3 Å². The van der Waals surface area contributed by atoms with E-state index in [-0.39, 0.29) is 12.2 Å². The first kappa shape index (κ1) is 13.7. The summed E-state index contributed by atoms with van der Waals surface area (Å²) in [5.41, 5.74) is 3.52. The fourth-order valence-electron chi connectivity index (χ4n) is 2.13. The predicted octanol–water partition coefficient (Wildman–Crippen LogP) is 0.537. The maximum absolute atomic E-state index is 11.8. The van der Waals surface area contributed by atoms with Gasteiger partial charge in [-0.3, -0.25) is 4.57 Å². The molecular weight excluding hydrogens is 290 g/mol. The number of thiophene rings is 1. The zero-order valence-corrected chi connectivity index (χ0v) is 12.7. The van der Waals surface area contributed by atoms with Crippen LogP contribution in [0.4, 0.5) is 5.82 Å². The van der Waals surface area contributed by atoms with E-state index >= 15 is 0 Å². The molecular formula is C12H15N7OS. The number of hydrogen-bond donors (Lipinski definition) is 2. The lowest BCUT2D eigenvalue weighted by molar-refractivity contribution is 0.624. The molecule has 0 fully saturated rings. The molecule has 0 radical (unpaired) electrons. The van der Waals surface area contributed by atoms with Crippen molar-refractivity contribution in [3.05, 3.63) is 33.1 Å². The normalized spacial score (nSPS) is 11.2. The summed E-state index contributed by atoms with van der Waals surface area (Å²) in [7, 11) is 1.65. The highest BCUT2D eigenvalue weighted by Crippen LogP contribution is 2.32. The maximum Gasteiger partial charge on any atom is 0.345 e. The molecule has 110 valence electrons. The monoisotopic (exact) mass is 305 g/mol. The second kappa shape index (κ2) is 4.93. The molecule has 0 spiro atoms. The van der Waals surface area contributed by atoms with Crippen LogP contribution in [0.5, 0.6) is 0 Å². The van der Waals surface area contributed by atoms with Gasteiger partial charge in [-0.05, 0) is 19.4 Å². The van der Waals surface area contributed by atoms with Crippen molar-refractivity contribution >= 4 is 27.4 Å². The molecule has 21 heavy (non-hydrogen) atoms. The molecule has 0 aliphatic heterocycles. The van der Waals surface area contributed by atoms with Crippen LogP contribution in [0.1, 0.15) is 16.3 Å². The minimum Gasteiger partial charge on any atom is -0.308 e. The lowest BCUT2D eigenvalue weighted by Gasteiger charge is -2.05. The Morgan fingerprint density at radius 2 is 2.14 bits per heavy atom. The van der Waals surface area contributed by atoms with E-state index in [4.69, 9.17) is 5.84 Å². The Bertz CT molecular complexity index is 876. The molecule has 3 heterocycles. The molecule has 3 N–H and O–H groups in total. The highest BCUT2D eigenvalue weighted by molar-refractivity contribution is 7.18. The Morgan fingerprint density at radius 1 is 1.38 bits per heavy atom. The number of nitrogens with zero attached hydrogens (tertiary/aromatic N) is 5. The summed E-state index contributed by atoms with van der Waals surface area (Å²) in [6.07, 6.45) is 1.46. The first-order valence-corrected chi connectivity index (χ1v) is 7.14. The van der Waals surface area contributed by atoms with Gasteiger partial charge in [0.1, 0.15) is 17.7 Å². The second-order valence-corrected chi connectivity index (χ2v) is 5.98. The summed E-state index contributed by atoms with van der Waals surface area (Å²) < 4.78 is 2.72. The molecule has 3 aromatic rings. The summed E-state index contributed by atoms with van der Waals surface area (Å²) in [5.74, 6) is 6.63. The van der Waals surface area contributed by atoms with Crippen molar-refractivity contribution in [2.75, 3.05) is 5.43 Å². The van der Waals surface area contributed by atoms with Gasteiger partial charge in [-0.1, -0.05) is 0 Å². The van der Waals surface area contributed by atoms with Crippen molar-refractivity contribution in [3.63, 3.8) is 0 Å². The van der Waals surface area contributed by atoms with Crippen LogP contribution >= 0.6 is 11.3 Å². The third-order valence-electron chi connectivity index (χ3n) is 3.39. The minimum atomic E-state index is -0.209. The maximum atomic E-state index is 11.8. The van der Waals surface area contributed by atoms with Crippen molar-refractivity contribution in [1.29, 1.82) is 0 Å². The third-order valence-corrected chi connectivity index (χ3v) is 4.49. The number of nitrogens with two attached hydrogens (primary N) is 1. The summed E-state index contributed by atoms with van der Waals surface area (Å²) >= 11 is 1.58. The van der Waals surface area contributed by atoms with Gasteiger partial charge in [0.15, 0.2) is 11.6 Å². The average Bonchev–Trinajstić information content (AvgIpc) is 2.92. The Kier molecular flexibility index (Phi) is 3.22. The molecule has 0 unspecified atom stereocenters. The summed E-state index contributed by atoms with van der Waals surface area (Å²) in [5, 5.41) is 4.94. The fraction of sp³-hybridized carbons (Fsp3) is 0.333. The second-order valence-electron chi connectivity index (χ2n) is 4.78. The summed E-state index contributed by atoms with van der Waals surface area (Å²) in [6, 6.07) is 0. The number of aromatic nitrogens is 5. The van der Waals surface area contributed by atoms with Gasteiger partial charge < -0.3 is 5.43 Å². The third kappa shape index (κ3) is 2.20. The fourth-order valence-corrected chi connectivity index (χ4v) is 3.18. The van der Waals surface area contributed by atoms with E-state index in [1.54, 1.807) is 18.4 Å². The van der Waals surface area contributed by atoms with Crippen LogP contribution in [-0.2, 0) is 13.6 Å². The Morgan fingerprint density at radius 3 is 2.76 bits per heavy atom. The highest BCUT2D eigenvalue weighted by atomic mass is 32.1. The zero-order chi connectivity index (χ0) is 15.1. The largest absolute Gasteiger partial charge is 0.345 e. The Labute approximate surface area is 124 Å². The SMILES string of the molecule is Cc1sc2nc(Cn3ncn(C)c3=O)nc(NN)c2c1C. The number of aryl methyl sites for hydroxylation is 3. The molecule has 9 heteroatoms. The first-order valence-electron chi connectivity index (χ1n) is 6.33. The standard InChI is InChI=1S/C12H15N7OS/c1-6-7(2)21-11-9(6)10(17-13)15-8(16-11)4-19-12(20)18(3)5-14-19/h5H,4,13H2,1-3H3,(H,15,16,17). The van der Waals surface area contributed by atoms with Gasteiger partial charge >= 0.3 is 5.69 Å². The molecule has 0 saturated carbocycles. The number of hydrogen-bond acceptors (Lipinski definition) is 7. The smallest absolute Gasteiger partial charge is 0.308 e. The summed E-state index contributed by atoms with van der Waals surface area (Å²) in [4.78, 5) is 22.7. The topological polar surface area (TPSA) is 104 Å². The molecule has 0 saturated heterocycles. The van der Waals surface area contributed by atoms with E-state index in [0.29, 0.717) is 11.6 Å². The molecule has 3 rings (SSSR count). The molecule has 3 aromatic heterocycles. The molecule has 0 aliphatic carbocycles. The van der Waals surface area contributed by atoms with Crippen molar-refractivity contribution in [2.45, 2.75) is 20.4 Å². The van der Waals surface area contributed by atoms with E-state index in [2.05, 4.69) is 20.5 Å². The molecule has 0 aromatic carbocycles. The Hall–Kier alpha value is -2.26. The van der Waals surface area contributed by atoms with Crippen LogP contribution in [0.15, 0.2) is 11.1 Å². The van der Waals surface area contributed by atoms with E-state index in [1.165, 1.54) is 20.5 Å². The molecule has 0 amide bonds. The van der Waals surface area contributed by atoms with Crippen molar-refractivity contribution in [2.24, 2.45) is 12.9 Å². The molecule has 0 bridgehead atoms. The van der Waals surface area contributed by atoms with Crippen LogP contribution in [0.25, 0.3) is 10.2 Å². The van der Waals surface area contributed by atoms with Crippen LogP contribution < -0.4 is 17.0 Å². The van der Waals surface area contributed by atoms with Crippen molar-refractivity contribution < 1.29 is 0 Å². The quantitative estimate of drug-likeness (QED) is 0.540. The minimum absolute atomic E-state index is 0.209. The highest BCUT2D eigenvalue weighted by Gasteiger charge is 2.15. The van der Waals surface area contributed by atoms with Crippen LogP contribution in [0.3, 0.4) is 0 Å². The van der Waals surface area contributed by atoms with Gasteiger partial charge in [0, 0.05) is 11.9 Å². The number of nitrogens with one attached hydrogen (secondary N) is 1. The van der Waals surface area contributed by atoms with E-state index in [9.17, 15) is 4.79 Å². The Balaban J connectivity index is 2.12. The average molecular weight is 305 g/mol. The van der Waals surface area contributed by atoms with E-state index in [1.807, 2.05) is 13.8 Å². The van der Waals surface area contributed by atoms with Gasteiger partial charge in [-0.15, -0.1) is 11.3 Å². The van der Waals surface area contributed by atoms with Crippen LogP contribution in [0.2, 0.25) is 0 Å². The van der Waals surface area contributed by atoms with Crippen molar-refractivity contribution in [3.8, 4) is 0 Å². The first-order chi connectivity index (χ1) is 10.0. The predicted molar refractivity (Wildman–Crippen MR) is 81.3 cm³/mol. The lowest BCUT2D eigenvalue weighted by atomic mass is 10.2. The van der Waals surface area contributed by atoms with Gasteiger partial charge in [0.25, 0.3) is 0 Å². The number of nitrogen functional groups attached to an aromatic ring is 1. The molecule has 0 atom stereocenters. The van der Waals surface area contributed by atoms with Gasteiger partial charge in [-0.2, -0.15) is 5.10 Å².